The molecule has 378 valence electrons. The van der Waals surface area contributed by atoms with Crippen LogP contribution < -0.4 is 0 Å². The fourth-order valence-corrected chi connectivity index (χ4v) is 16.4. The lowest BCUT2D eigenvalue weighted by Crippen LogP contribution is -1.94. The molecule has 17 aromatic rings. The van der Waals surface area contributed by atoms with Crippen molar-refractivity contribution in [2.75, 3.05) is 0 Å². The third-order valence-corrected chi connectivity index (χ3v) is 19.3. The zero-order valence-corrected chi connectivity index (χ0v) is 45.9. The van der Waals surface area contributed by atoms with Crippen molar-refractivity contribution < 1.29 is 0 Å². The average Bonchev–Trinajstić information content (AvgIpc) is 2.26. The Morgan fingerprint density at radius 1 is 0.159 bits per heavy atom. The van der Waals surface area contributed by atoms with E-state index in [1.54, 1.807) is 0 Å². The van der Waals surface area contributed by atoms with Gasteiger partial charge < -0.3 is 0 Å². The van der Waals surface area contributed by atoms with Crippen LogP contribution in [0.2, 0.25) is 0 Å². The fraction of sp³-hybridized carbons (Fsp3) is 0.0488. The van der Waals surface area contributed by atoms with Crippen molar-refractivity contribution in [3.05, 3.63) is 253 Å². The first-order valence-electron chi connectivity index (χ1n) is 29.1. The number of rotatable bonds is 4. The van der Waals surface area contributed by atoms with Gasteiger partial charge in [0.15, 0.2) is 0 Å². The Bertz CT molecular complexity index is 5230. The zero-order chi connectivity index (χ0) is 54.0. The van der Waals surface area contributed by atoms with Gasteiger partial charge in [-0.05, 0) is 224 Å². The maximum Gasteiger partial charge on any atom is -0.000740 e. The minimum Gasteiger partial charge on any atom is -0.0616 e. The Hall–Kier alpha value is -10.1. The Balaban J connectivity index is 0.950. The van der Waals surface area contributed by atoms with Gasteiger partial charge in [-0.3, -0.25) is 0 Å². The van der Waals surface area contributed by atoms with Crippen LogP contribution in [-0.2, 0) is 0 Å². The Morgan fingerprint density at radius 3 is 0.683 bits per heavy atom. The molecule has 0 heteroatoms. The third-order valence-electron chi connectivity index (χ3n) is 19.3. The normalized spacial score (nSPS) is 12.6. The van der Waals surface area contributed by atoms with Crippen molar-refractivity contribution in [1.82, 2.24) is 0 Å². The molecule has 0 bridgehead atoms. The van der Waals surface area contributed by atoms with Crippen LogP contribution in [0.1, 0.15) is 22.3 Å². The van der Waals surface area contributed by atoms with E-state index in [1.807, 2.05) is 0 Å². The van der Waals surface area contributed by atoms with Crippen molar-refractivity contribution >= 4 is 108 Å². The molecule has 2 aliphatic rings. The third kappa shape index (κ3) is 5.57. The summed E-state index contributed by atoms with van der Waals surface area (Å²) < 4.78 is 0. The first-order chi connectivity index (χ1) is 40.4. The lowest BCUT2D eigenvalue weighted by Gasteiger charge is -2.22. The van der Waals surface area contributed by atoms with E-state index in [1.165, 1.54) is 219 Å². The molecule has 0 heterocycles. The Kier molecular flexibility index (Phi) is 8.62. The number of aryl methyl sites for hydroxylation is 4. The molecule has 0 atom stereocenters. The molecular formula is C82H50. The van der Waals surface area contributed by atoms with Crippen molar-refractivity contribution in [1.29, 1.82) is 0 Å². The van der Waals surface area contributed by atoms with E-state index < -0.39 is 0 Å². The van der Waals surface area contributed by atoms with Crippen LogP contribution in [0.3, 0.4) is 0 Å². The van der Waals surface area contributed by atoms with Crippen LogP contribution >= 0.6 is 0 Å². The van der Waals surface area contributed by atoms with Crippen LogP contribution in [0.4, 0.5) is 0 Å². The van der Waals surface area contributed by atoms with Gasteiger partial charge in [0.05, 0.1) is 0 Å². The number of fused-ring (bicyclic) bond motifs is 15. The van der Waals surface area contributed by atoms with Crippen molar-refractivity contribution in [2.45, 2.75) is 27.7 Å². The van der Waals surface area contributed by atoms with E-state index in [2.05, 4.69) is 258 Å². The second-order valence-corrected chi connectivity index (χ2v) is 23.9. The SMILES string of the molecule is Cc1cccc(-c2c3c(c(-c4cccc(C)c4)c4ccccc24)-c2ccc4c5c2c-3ccc5c2ccc3c5ccc6c7c(ccc(c75)c5c7ccccc7c4c2c35)-c2c-6c(-c3cccc(C)c3)c3ccccc3c2-c2cccc(C)c2)c1. The quantitative estimate of drug-likeness (QED) is 0.122. The second kappa shape index (κ2) is 15.8. The molecule has 0 spiro atoms. The van der Waals surface area contributed by atoms with Gasteiger partial charge in [0.25, 0.3) is 0 Å². The topological polar surface area (TPSA) is 0 Å². The van der Waals surface area contributed by atoms with Crippen LogP contribution in [0, 0.1) is 27.7 Å². The lowest BCUT2D eigenvalue weighted by molar-refractivity contribution is 1.47. The van der Waals surface area contributed by atoms with E-state index >= 15 is 0 Å². The summed E-state index contributed by atoms with van der Waals surface area (Å²) in [6.07, 6.45) is 0. The largest absolute Gasteiger partial charge is 0.0616 e. The number of hydrogen-bond acceptors (Lipinski definition) is 0. The molecule has 0 nitrogen and oxygen atoms in total. The predicted octanol–water partition coefficient (Wildman–Crippen LogP) is 23.3. The molecule has 82 heavy (non-hydrogen) atoms. The fourth-order valence-electron chi connectivity index (χ4n) is 16.4. The smallest absolute Gasteiger partial charge is 0.000740 e. The maximum absolute atomic E-state index is 2.50. The van der Waals surface area contributed by atoms with E-state index in [4.69, 9.17) is 0 Å². The van der Waals surface area contributed by atoms with E-state index in [0.29, 0.717) is 0 Å². The monoisotopic (exact) mass is 1030 g/mol. The highest BCUT2D eigenvalue weighted by atomic mass is 14.4. The van der Waals surface area contributed by atoms with Crippen LogP contribution in [0.25, 0.3) is 197 Å². The summed E-state index contributed by atoms with van der Waals surface area (Å²) in [4.78, 5) is 0. The van der Waals surface area contributed by atoms with Gasteiger partial charge in [0.1, 0.15) is 0 Å². The highest BCUT2D eigenvalue weighted by Crippen LogP contribution is 2.63. The molecule has 0 N–H and O–H groups in total. The Morgan fingerprint density at radius 2 is 0.390 bits per heavy atom. The summed E-state index contributed by atoms with van der Waals surface area (Å²) in [6.45, 7) is 8.89. The van der Waals surface area contributed by atoms with Gasteiger partial charge in [-0.2, -0.15) is 0 Å². The van der Waals surface area contributed by atoms with Gasteiger partial charge in [-0.25, -0.2) is 0 Å². The summed E-state index contributed by atoms with van der Waals surface area (Å²) in [5, 5.41) is 26.6. The minimum absolute atomic E-state index is 1.26. The summed E-state index contributed by atoms with van der Waals surface area (Å²) in [5.41, 5.74) is 26.0. The van der Waals surface area contributed by atoms with Crippen molar-refractivity contribution in [2.24, 2.45) is 0 Å². The zero-order valence-electron chi connectivity index (χ0n) is 45.9. The summed E-state index contributed by atoms with van der Waals surface area (Å²) in [5.74, 6) is 0. The highest BCUT2D eigenvalue weighted by molar-refractivity contribution is 6.51. The van der Waals surface area contributed by atoms with Gasteiger partial charge >= 0.3 is 0 Å². The van der Waals surface area contributed by atoms with Gasteiger partial charge in [-0.15, -0.1) is 0 Å². The summed E-state index contributed by atoms with van der Waals surface area (Å²) in [7, 11) is 0. The van der Waals surface area contributed by atoms with Crippen molar-refractivity contribution in [3.63, 3.8) is 0 Å². The molecule has 0 saturated carbocycles. The van der Waals surface area contributed by atoms with Gasteiger partial charge in [0, 0.05) is 0 Å². The molecule has 0 aromatic heterocycles. The molecule has 0 fully saturated rings. The van der Waals surface area contributed by atoms with E-state index in [-0.39, 0.29) is 0 Å². The average molecular weight is 1040 g/mol. The molecular weight excluding hydrogens is 985 g/mol. The lowest BCUT2D eigenvalue weighted by atomic mass is 9.80. The van der Waals surface area contributed by atoms with Crippen LogP contribution in [-0.4, -0.2) is 0 Å². The molecule has 0 radical (unpaired) electrons. The summed E-state index contributed by atoms with van der Waals surface area (Å²) >= 11 is 0. The first-order valence-corrected chi connectivity index (χ1v) is 29.1. The summed E-state index contributed by atoms with van der Waals surface area (Å²) in [6, 6.07) is 89.2. The number of hydrogen-bond donors (Lipinski definition) is 0. The molecule has 0 saturated heterocycles. The number of benzene rings is 17. The van der Waals surface area contributed by atoms with Crippen LogP contribution in [0.5, 0.6) is 0 Å². The molecule has 2 aliphatic carbocycles. The maximum atomic E-state index is 2.50. The van der Waals surface area contributed by atoms with Crippen LogP contribution in [0.15, 0.2) is 231 Å². The highest BCUT2D eigenvalue weighted by Gasteiger charge is 2.36. The standard InChI is InChI=1S/C82H50/c1-43-15-11-19-47(39-43)67-51-23-5-7-25-53(51)69(49-21-13-17-45(3)41-49)81-65-37-35-61-71-57(31-33-63(75(65)71)79(67)81)59-29-30-60-58-32-34-64-76-66(38-36-62(72(58)76)74-56-28-10-9-27-55(56)73(61)77(59)78(60)74)82-70(50-22-14-18-46(4)42-50)54-26-8-6-24-52(54)68(80(64)82)48-20-12-16-44(2)40-48/h5-42H,1-4H3. The molecule has 0 amide bonds. The predicted molar refractivity (Wildman–Crippen MR) is 353 cm³/mol. The first kappa shape index (κ1) is 44.7. The van der Waals surface area contributed by atoms with Crippen molar-refractivity contribution in [3.8, 4) is 89.0 Å². The Labute approximate surface area is 474 Å². The van der Waals surface area contributed by atoms with E-state index in [9.17, 15) is 0 Å². The molecule has 0 unspecified atom stereocenters. The second-order valence-electron chi connectivity index (χ2n) is 23.9. The minimum atomic E-state index is 1.26. The molecule has 19 rings (SSSR count). The van der Waals surface area contributed by atoms with E-state index in [0.717, 1.165) is 0 Å². The molecule has 0 aliphatic heterocycles. The van der Waals surface area contributed by atoms with Gasteiger partial charge in [0.2, 0.25) is 0 Å². The van der Waals surface area contributed by atoms with Gasteiger partial charge in [-0.1, -0.05) is 253 Å². The molecule has 17 aromatic carbocycles.